The molecule has 0 saturated carbocycles. The summed E-state index contributed by atoms with van der Waals surface area (Å²) in [6.07, 6.45) is 5.36. The molecule has 0 bridgehead atoms. The Hall–Kier alpha value is -1.43. The Labute approximate surface area is 109 Å². The van der Waals surface area contributed by atoms with Gasteiger partial charge < -0.3 is 9.64 Å². The van der Waals surface area contributed by atoms with Crippen LogP contribution in [0.1, 0.15) is 26.7 Å². The molecule has 18 heavy (non-hydrogen) atoms. The van der Waals surface area contributed by atoms with Crippen molar-refractivity contribution in [3.63, 3.8) is 0 Å². The van der Waals surface area contributed by atoms with E-state index in [2.05, 4.69) is 11.9 Å². The zero-order valence-electron chi connectivity index (χ0n) is 10.5. The molecule has 0 amide bonds. The highest BCUT2D eigenvalue weighted by Gasteiger charge is 2.34. The highest BCUT2D eigenvalue weighted by Crippen LogP contribution is 2.24. The van der Waals surface area contributed by atoms with Crippen LogP contribution in [-0.4, -0.2) is 33.4 Å². The first kappa shape index (κ1) is 13.0. The van der Waals surface area contributed by atoms with E-state index in [4.69, 9.17) is 4.74 Å². The molecule has 0 N–H and O–H groups in total. The molecule has 0 aliphatic carbocycles. The van der Waals surface area contributed by atoms with Crippen molar-refractivity contribution in [1.82, 2.24) is 4.90 Å². The van der Waals surface area contributed by atoms with Crippen LogP contribution in [0.5, 0.6) is 0 Å². The van der Waals surface area contributed by atoms with Crippen LogP contribution in [0.15, 0.2) is 27.9 Å². The lowest BCUT2D eigenvalue weighted by atomic mass is 10.1. The van der Waals surface area contributed by atoms with E-state index in [-0.39, 0.29) is 11.5 Å². The number of ether oxygens (including phenoxy) is 1. The monoisotopic (exact) mass is 268 g/mol. The average Bonchev–Trinajstić information content (AvgIpc) is 2.67. The van der Waals surface area contributed by atoms with Crippen molar-refractivity contribution in [2.45, 2.75) is 26.7 Å². The van der Waals surface area contributed by atoms with Gasteiger partial charge in [0.2, 0.25) is 5.17 Å². The van der Waals surface area contributed by atoms with E-state index in [0.717, 1.165) is 12.8 Å². The molecule has 0 aromatic heterocycles. The van der Waals surface area contributed by atoms with Crippen molar-refractivity contribution in [3.05, 3.63) is 22.9 Å². The Morgan fingerprint density at radius 2 is 2.33 bits per heavy atom. The smallest absolute Gasteiger partial charge is 0.349 e. The van der Waals surface area contributed by atoms with Crippen LogP contribution in [0.4, 0.5) is 0 Å². The van der Waals surface area contributed by atoms with Crippen molar-refractivity contribution in [3.8, 4) is 0 Å². The molecule has 98 valence electrons. The van der Waals surface area contributed by atoms with Crippen molar-refractivity contribution in [1.29, 1.82) is 0 Å². The number of nitrogens with zero attached hydrogens (tertiary/aromatic N) is 2. The molecule has 2 rings (SSSR count). The molecule has 0 aromatic rings. The maximum Gasteiger partial charge on any atom is 0.349 e. The number of hydrogen-bond acceptors (Lipinski definition) is 5. The number of rotatable bonds is 4. The van der Waals surface area contributed by atoms with Crippen molar-refractivity contribution in [2.24, 2.45) is 4.99 Å². The van der Waals surface area contributed by atoms with Gasteiger partial charge in [0.25, 0.3) is 0 Å². The van der Waals surface area contributed by atoms with Gasteiger partial charge in [0.05, 0.1) is 6.61 Å². The third-order valence-corrected chi connectivity index (χ3v) is 4.01. The zero-order valence-corrected chi connectivity index (χ0v) is 11.3. The lowest BCUT2D eigenvalue weighted by Crippen LogP contribution is -2.28. The van der Waals surface area contributed by atoms with Gasteiger partial charge in [-0.1, -0.05) is 13.3 Å². The fraction of sp³-hybridized carbons (Fsp3) is 0.500. The van der Waals surface area contributed by atoms with Crippen LogP contribution < -0.4 is 0 Å². The van der Waals surface area contributed by atoms with Crippen LogP contribution in [-0.2, 0) is 20.3 Å². The fourth-order valence-electron chi connectivity index (χ4n) is 1.89. The van der Waals surface area contributed by atoms with Crippen molar-refractivity contribution < 1.29 is 13.7 Å². The summed E-state index contributed by atoms with van der Waals surface area (Å²) in [6, 6.07) is 0. The molecule has 2 heterocycles. The van der Waals surface area contributed by atoms with E-state index in [9.17, 15) is 9.00 Å². The molecular weight excluding hydrogens is 252 g/mol. The highest BCUT2D eigenvalue weighted by molar-refractivity contribution is 8.05. The molecule has 0 radical (unpaired) electrons. The topological polar surface area (TPSA) is 59.0 Å². The normalized spacial score (nSPS) is 22.0. The van der Waals surface area contributed by atoms with Gasteiger partial charge >= 0.3 is 5.97 Å². The molecule has 1 atom stereocenters. The summed E-state index contributed by atoms with van der Waals surface area (Å²) < 4.78 is 16.9. The van der Waals surface area contributed by atoms with Crippen LogP contribution in [0.3, 0.4) is 0 Å². The van der Waals surface area contributed by atoms with Crippen LogP contribution >= 0.6 is 0 Å². The van der Waals surface area contributed by atoms with Gasteiger partial charge in [-0.05, 0) is 18.9 Å². The SMILES string of the molecule is CCCC1=CN=C2N(C=C(C(=O)OCC)S2=O)C1. The summed E-state index contributed by atoms with van der Waals surface area (Å²) in [5.41, 5.74) is 1.18. The molecular formula is C12H16N2O3S. The number of carbonyl (C=O) groups excluding carboxylic acids is 1. The maximum atomic E-state index is 12.1. The molecule has 5 nitrogen and oxygen atoms in total. The minimum atomic E-state index is -1.51. The Balaban J connectivity index is 2.17. The Morgan fingerprint density at radius 1 is 1.56 bits per heavy atom. The summed E-state index contributed by atoms with van der Waals surface area (Å²) in [4.78, 5) is 17.8. The number of fused-ring (bicyclic) bond motifs is 1. The van der Waals surface area contributed by atoms with E-state index in [1.54, 1.807) is 24.2 Å². The van der Waals surface area contributed by atoms with Gasteiger partial charge in [-0.15, -0.1) is 0 Å². The van der Waals surface area contributed by atoms with E-state index in [1.165, 1.54) is 5.57 Å². The lowest BCUT2D eigenvalue weighted by Gasteiger charge is -2.20. The van der Waals surface area contributed by atoms with Gasteiger partial charge in [0.1, 0.15) is 15.7 Å². The quantitative estimate of drug-likeness (QED) is 0.725. The minimum absolute atomic E-state index is 0.182. The predicted molar refractivity (Wildman–Crippen MR) is 70.0 cm³/mol. The van der Waals surface area contributed by atoms with Gasteiger partial charge in [0.15, 0.2) is 0 Å². The third kappa shape index (κ3) is 2.38. The standard InChI is InChI=1S/C12H16N2O3S/c1-3-5-9-6-13-12-14(7-9)8-10(18(12)16)11(15)17-4-2/h6,8H,3-5,7H2,1-2H3. The number of aliphatic imine (C=N–C) groups is 1. The first-order valence-electron chi connectivity index (χ1n) is 6.00. The Morgan fingerprint density at radius 3 is 3.00 bits per heavy atom. The number of carbonyl (C=O) groups is 1. The second-order valence-corrected chi connectivity index (χ2v) is 5.40. The fourth-order valence-corrected chi connectivity index (χ4v) is 2.99. The van der Waals surface area contributed by atoms with Gasteiger partial charge in [-0.25, -0.2) is 14.0 Å². The van der Waals surface area contributed by atoms with Gasteiger partial charge in [-0.3, -0.25) is 0 Å². The summed E-state index contributed by atoms with van der Waals surface area (Å²) in [7, 11) is -1.51. The van der Waals surface area contributed by atoms with Gasteiger partial charge in [-0.2, -0.15) is 0 Å². The number of esters is 1. The molecule has 0 aromatic carbocycles. The molecule has 0 saturated heterocycles. The van der Waals surface area contributed by atoms with Crippen LogP contribution in [0, 0.1) is 0 Å². The van der Waals surface area contributed by atoms with Crippen molar-refractivity contribution in [2.75, 3.05) is 13.2 Å². The summed E-state index contributed by atoms with van der Waals surface area (Å²) in [5, 5.41) is 0.429. The molecule has 0 fully saturated rings. The first-order valence-corrected chi connectivity index (χ1v) is 7.15. The maximum absolute atomic E-state index is 12.1. The summed E-state index contributed by atoms with van der Waals surface area (Å²) >= 11 is 0. The zero-order chi connectivity index (χ0) is 13.1. The lowest BCUT2D eigenvalue weighted by molar-refractivity contribution is -0.137. The van der Waals surface area contributed by atoms with E-state index >= 15 is 0 Å². The predicted octanol–water partition coefficient (Wildman–Crippen LogP) is 1.51. The molecule has 0 spiro atoms. The Kier molecular flexibility index (Phi) is 3.96. The minimum Gasteiger partial charge on any atom is -0.462 e. The average molecular weight is 268 g/mol. The van der Waals surface area contributed by atoms with Crippen LogP contribution in [0.25, 0.3) is 0 Å². The number of hydrogen-bond donors (Lipinski definition) is 0. The summed E-state index contributed by atoms with van der Waals surface area (Å²) in [5.74, 6) is -0.523. The molecule has 1 unspecified atom stereocenters. The highest BCUT2D eigenvalue weighted by atomic mass is 32.2. The molecule has 2 aliphatic rings. The molecule has 6 heteroatoms. The van der Waals surface area contributed by atoms with E-state index in [0.29, 0.717) is 11.7 Å². The second-order valence-electron chi connectivity index (χ2n) is 4.06. The summed E-state index contributed by atoms with van der Waals surface area (Å²) in [6.45, 7) is 4.75. The Bertz CT molecular complexity index is 480. The van der Waals surface area contributed by atoms with Crippen LogP contribution in [0.2, 0.25) is 0 Å². The third-order valence-electron chi connectivity index (χ3n) is 2.66. The van der Waals surface area contributed by atoms with Crippen molar-refractivity contribution >= 4 is 21.9 Å². The van der Waals surface area contributed by atoms with E-state index in [1.807, 2.05) is 0 Å². The van der Waals surface area contributed by atoms with E-state index < -0.39 is 16.8 Å². The number of amidine groups is 1. The first-order chi connectivity index (χ1) is 8.67. The molecule has 2 aliphatic heterocycles. The second kappa shape index (κ2) is 5.48. The largest absolute Gasteiger partial charge is 0.462 e. The van der Waals surface area contributed by atoms with Gasteiger partial charge in [0, 0.05) is 18.9 Å².